The van der Waals surface area contributed by atoms with Crippen LogP contribution in [0.25, 0.3) is 0 Å². The average molecular weight is 386 g/mol. The molecule has 1 spiro atoms. The first-order chi connectivity index (χ1) is 13.3. The molecule has 3 fully saturated rings. The number of phenolic OH excluding ortho intramolecular Hbond substituents is 1. The van der Waals surface area contributed by atoms with Crippen molar-refractivity contribution in [1.29, 1.82) is 0 Å². The van der Waals surface area contributed by atoms with E-state index < -0.39 is 17.1 Å². The van der Waals surface area contributed by atoms with Gasteiger partial charge in [0.2, 0.25) is 5.75 Å². The molecular formula is C22H28NO5+. The van der Waals surface area contributed by atoms with E-state index in [4.69, 9.17) is 9.47 Å². The molecule has 1 saturated heterocycles. The topological polar surface area (TPSA) is 76.0 Å². The Morgan fingerprint density at radius 1 is 1.36 bits per heavy atom. The van der Waals surface area contributed by atoms with Gasteiger partial charge < -0.3 is 24.2 Å². The third-order valence-corrected chi connectivity index (χ3v) is 8.57. The van der Waals surface area contributed by atoms with E-state index in [-0.39, 0.29) is 17.6 Å². The first kappa shape index (κ1) is 17.1. The lowest BCUT2D eigenvalue weighted by molar-refractivity contribution is -0.950. The molecule has 2 N–H and O–H groups in total. The van der Waals surface area contributed by atoms with E-state index in [9.17, 15) is 15.0 Å². The predicted molar refractivity (Wildman–Crippen MR) is 101 cm³/mol. The zero-order chi connectivity index (χ0) is 19.5. The second kappa shape index (κ2) is 5.03. The number of ether oxygens (including phenoxy) is 2. The summed E-state index contributed by atoms with van der Waals surface area (Å²) < 4.78 is 12.4. The number of carbonyl (C=O) groups is 1. The summed E-state index contributed by atoms with van der Waals surface area (Å²) in [5.41, 5.74) is 0.227. The van der Waals surface area contributed by atoms with E-state index in [1.165, 1.54) is 20.0 Å². The summed E-state index contributed by atoms with van der Waals surface area (Å²) in [6.45, 7) is 2.03. The first-order valence-corrected chi connectivity index (χ1v) is 10.5. The Hall–Kier alpha value is -1.79. The number of quaternary nitrogens is 1. The van der Waals surface area contributed by atoms with Crippen molar-refractivity contribution in [2.45, 2.75) is 61.7 Å². The van der Waals surface area contributed by atoms with E-state index in [0.29, 0.717) is 30.8 Å². The van der Waals surface area contributed by atoms with Gasteiger partial charge in [0.1, 0.15) is 11.6 Å². The van der Waals surface area contributed by atoms with Crippen molar-refractivity contribution in [3.63, 3.8) is 0 Å². The second-order valence-electron chi connectivity index (χ2n) is 9.95. The summed E-state index contributed by atoms with van der Waals surface area (Å²) in [4.78, 5) is 12.9. The lowest BCUT2D eigenvalue weighted by Crippen LogP contribution is -2.80. The minimum atomic E-state index is -0.979. The van der Waals surface area contributed by atoms with Gasteiger partial charge >= 0.3 is 0 Å². The van der Waals surface area contributed by atoms with Gasteiger partial charge in [0.15, 0.2) is 23.4 Å². The predicted octanol–water partition coefficient (Wildman–Crippen LogP) is 1.68. The van der Waals surface area contributed by atoms with Gasteiger partial charge in [-0.25, -0.2) is 0 Å². The van der Waals surface area contributed by atoms with Crippen LogP contribution in [-0.4, -0.2) is 65.5 Å². The SMILES string of the molecule is COc1cc2c3c(c1O)O[C@H]1C(=O)CC[C@@]4(O)[C@@H](C2)[N@@+](C)(CC2CC2)CC[C@]314. The Balaban J connectivity index is 1.61. The van der Waals surface area contributed by atoms with E-state index in [0.717, 1.165) is 41.0 Å². The summed E-state index contributed by atoms with van der Waals surface area (Å²) in [5.74, 6) is 1.51. The third kappa shape index (κ3) is 1.75. The van der Waals surface area contributed by atoms with Gasteiger partial charge in [-0.3, -0.25) is 4.79 Å². The van der Waals surface area contributed by atoms with E-state index >= 15 is 0 Å². The smallest absolute Gasteiger partial charge is 0.201 e. The van der Waals surface area contributed by atoms with Crippen LogP contribution in [0.5, 0.6) is 17.2 Å². The Morgan fingerprint density at radius 3 is 2.86 bits per heavy atom. The highest BCUT2D eigenvalue weighted by molar-refractivity contribution is 5.90. The maximum absolute atomic E-state index is 12.9. The minimum Gasteiger partial charge on any atom is -0.502 e. The molecule has 5 aliphatic rings. The number of methoxy groups -OCH3 is 1. The van der Waals surface area contributed by atoms with Crippen LogP contribution in [0.4, 0.5) is 0 Å². The number of hydrogen-bond donors (Lipinski definition) is 2. The molecule has 0 unspecified atom stereocenters. The van der Waals surface area contributed by atoms with Crippen LogP contribution >= 0.6 is 0 Å². The van der Waals surface area contributed by atoms with Crippen molar-refractivity contribution in [1.82, 2.24) is 0 Å². The van der Waals surface area contributed by atoms with Gasteiger partial charge in [0.05, 0.1) is 32.7 Å². The van der Waals surface area contributed by atoms with Crippen LogP contribution < -0.4 is 9.47 Å². The van der Waals surface area contributed by atoms with Gasteiger partial charge in [0, 0.05) is 30.7 Å². The van der Waals surface area contributed by atoms with E-state index in [1.807, 2.05) is 6.07 Å². The number of phenols is 1. The largest absolute Gasteiger partial charge is 0.502 e. The van der Waals surface area contributed by atoms with Crippen LogP contribution in [0.2, 0.25) is 0 Å². The summed E-state index contributed by atoms with van der Waals surface area (Å²) in [5, 5.41) is 23.0. The highest BCUT2D eigenvalue weighted by Gasteiger charge is 2.76. The number of likely N-dealkylation sites (N-methyl/N-ethyl adjacent to an activating group) is 1. The van der Waals surface area contributed by atoms with Gasteiger partial charge in [-0.15, -0.1) is 0 Å². The normalized spacial score (nSPS) is 42.8. The zero-order valence-electron chi connectivity index (χ0n) is 16.5. The molecule has 2 aliphatic heterocycles. The number of benzene rings is 1. The summed E-state index contributed by atoms with van der Waals surface area (Å²) >= 11 is 0. The zero-order valence-corrected chi connectivity index (χ0v) is 16.5. The van der Waals surface area contributed by atoms with E-state index in [2.05, 4.69) is 7.05 Å². The molecule has 150 valence electrons. The van der Waals surface area contributed by atoms with Gasteiger partial charge in [-0.1, -0.05) is 0 Å². The Bertz CT molecular complexity index is 911. The molecule has 0 radical (unpaired) electrons. The summed E-state index contributed by atoms with van der Waals surface area (Å²) in [6.07, 6.45) is 4.14. The highest BCUT2D eigenvalue weighted by atomic mass is 16.5. The number of piperidine rings is 1. The molecule has 6 nitrogen and oxygen atoms in total. The van der Waals surface area contributed by atoms with Gasteiger partial charge in [0.25, 0.3) is 0 Å². The Labute approximate surface area is 164 Å². The van der Waals surface area contributed by atoms with Crippen LogP contribution in [0, 0.1) is 5.92 Å². The lowest BCUT2D eigenvalue weighted by Gasteiger charge is -2.64. The summed E-state index contributed by atoms with van der Waals surface area (Å²) in [7, 11) is 3.82. The molecular weight excluding hydrogens is 358 g/mol. The molecule has 2 saturated carbocycles. The van der Waals surface area contributed by atoms with Crippen LogP contribution in [0.15, 0.2) is 6.07 Å². The maximum Gasteiger partial charge on any atom is 0.201 e. The van der Waals surface area contributed by atoms with Crippen LogP contribution in [-0.2, 0) is 16.6 Å². The molecule has 6 rings (SSSR count). The number of ketones is 1. The van der Waals surface area contributed by atoms with Crippen molar-refractivity contribution in [3.05, 3.63) is 17.2 Å². The second-order valence-corrected chi connectivity index (χ2v) is 9.95. The molecule has 0 aromatic heterocycles. The van der Waals surface area contributed by atoms with Crippen molar-refractivity contribution in [2.75, 3.05) is 27.2 Å². The number of likely N-dealkylation sites (tertiary alicyclic amines) is 1. The average Bonchev–Trinajstić information content (AvgIpc) is 3.39. The number of hydrogen-bond acceptors (Lipinski definition) is 5. The molecule has 3 aliphatic carbocycles. The Kier molecular flexibility index (Phi) is 3.07. The fraction of sp³-hybridized carbons (Fsp3) is 0.682. The quantitative estimate of drug-likeness (QED) is 0.773. The molecule has 2 bridgehead atoms. The summed E-state index contributed by atoms with van der Waals surface area (Å²) in [6, 6.07) is 1.94. The van der Waals surface area contributed by atoms with Crippen LogP contribution in [0.1, 0.15) is 43.2 Å². The van der Waals surface area contributed by atoms with Crippen molar-refractivity contribution >= 4 is 5.78 Å². The highest BCUT2D eigenvalue weighted by Crippen LogP contribution is 2.67. The molecule has 1 aromatic carbocycles. The minimum absolute atomic E-state index is 0.0359. The molecule has 1 aromatic rings. The monoisotopic (exact) mass is 386 g/mol. The van der Waals surface area contributed by atoms with Crippen LogP contribution in [0.3, 0.4) is 0 Å². The van der Waals surface area contributed by atoms with Gasteiger partial charge in [-0.2, -0.15) is 0 Å². The third-order valence-electron chi connectivity index (χ3n) is 8.57. The number of aliphatic hydroxyl groups is 1. The van der Waals surface area contributed by atoms with Crippen molar-refractivity contribution in [2.24, 2.45) is 5.92 Å². The number of carbonyl (C=O) groups excluding carboxylic acids is 1. The van der Waals surface area contributed by atoms with Crippen molar-refractivity contribution < 1.29 is 29.0 Å². The van der Waals surface area contributed by atoms with Crippen molar-refractivity contribution in [3.8, 4) is 17.2 Å². The standard InChI is InChI=1S/C22H27NO5/c1-23(11-12-3-4-12)8-7-21-17-13-9-15(27-2)18(25)19(17)28-20(21)14(24)5-6-22(21,26)16(23)10-13/h9,12,16,20,26H,3-8,10-11H2,1-2H3/p+1/t16-,20+,21+,22-,23-/m1/s1. The fourth-order valence-corrected chi connectivity index (χ4v) is 7.14. The number of aromatic hydroxyl groups is 1. The fourth-order valence-electron chi connectivity index (χ4n) is 7.14. The molecule has 5 atom stereocenters. The molecule has 2 heterocycles. The van der Waals surface area contributed by atoms with Gasteiger partial charge in [-0.05, 0) is 30.9 Å². The Morgan fingerprint density at radius 2 is 2.14 bits per heavy atom. The molecule has 28 heavy (non-hydrogen) atoms. The molecule has 6 heteroatoms. The van der Waals surface area contributed by atoms with E-state index in [1.54, 1.807) is 0 Å². The number of Topliss-reactive ketones (excluding diaryl/α,β-unsaturated/α-hetero) is 1. The lowest BCUT2D eigenvalue weighted by atomic mass is 9.48. The number of rotatable bonds is 3. The first-order valence-electron chi connectivity index (χ1n) is 10.5. The molecule has 0 amide bonds. The number of nitrogens with zero attached hydrogens (tertiary/aromatic N) is 1. The maximum atomic E-state index is 12.9.